The molecule has 0 radical (unpaired) electrons. The second-order valence-electron chi connectivity index (χ2n) is 4.32. The van der Waals surface area contributed by atoms with Crippen molar-refractivity contribution in [3.63, 3.8) is 0 Å². The molecule has 8 heteroatoms. The Morgan fingerprint density at radius 3 is 2.43 bits per heavy atom. The Hall–Kier alpha value is -1.83. The summed E-state index contributed by atoms with van der Waals surface area (Å²) in [6, 6.07) is 2.25. The van der Waals surface area contributed by atoms with Crippen molar-refractivity contribution in [3.05, 3.63) is 35.4 Å². The van der Waals surface area contributed by atoms with Crippen LogP contribution in [-0.4, -0.2) is 38.3 Å². The summed E-state index contributed by atoms with van der Waals surface area (Å²) in [4.78, 5) is 22.9. The predicted molar refractivity (Wildman–Crippen MR) is 70.6 cm³/mol. The maximum Gasteiger partial charge on any atom is 0.306 e. The van der Waals surface area contributed by atoms with Gasteiger partial charge in [0.2, 0.25) is 0 Å². The molecule has 1 aromatic rings. The fraction of sp³-hybridized carbons (Fsp3) is 0.385. The number of Topliss-reactive ketones (excluding diaryl/α,β-unsaturated/α-hetero) is 1. The Labute approximate surface area is 120 Å². The fourth-order valence-electron chi connectivity index (χ4n) is 1.58. The van der Waals surface area contributed by atoms with Crippen molar-refractivity contribution in [1.82, 2.24) is 0 Å². The Balaban J connectivity index is 2.93. The molecule has 0 saturated heterocycles. The number of esters is 1. The van der Waals surface area contributed by atoms with Gasteiger partial charge in [-0.2, -0.15) is 0 Å². The highest BCUT2D eigenvalue weighted by Gasteiger charge is 2.30. The molecule has 0 aliphatic rings. The zero-order chi connectivity index (χ0) is 16.2. The molecule has 0 bridgehead atoms. The average molecular weight is 320 g/mol. The largest absolute Gasteiger partial charge is 0.469 e. The van der Waals surface area contributed by atoms with Gasteiger partial charge in [0.25, 0.3) is 0 Å². The third-order valence-corrected chi connectivity index (χ3v) is 4.99. The molecule has 0 N–H and O–H groups in total. The highest BCUT2D eigenvalue weighted by molar-refractivity contribution is 7.92. The average Bonchev–Trinajstić information content (AvgIpc) is 2.43. The van der Waals surface area contributed by atoms with E-state index in [4.69, 9.17) is 0 Å². The van der Waals surface area contributed by atoms with Gasteiger partial charge < -0.3 is 4.74 Å². The Morgan fingerprint density at radius 2 is 1.90 bits per heavy atom. The van der Waals surface area contributed by atoms with Crippen molar-refractivity contribution >= 4 is 21.6 Å². The van der Waals surface area contributed by atoms with Crippen LogP contribution in [0.5, 0.6) is 0 Å². The maximum absolute atomic E-state index is 13.5. The SMILES string of the molecule is COC(=O)CCS(=O)(=O)C(C)C(=O)c1ccc(F)cc1F. The molecular weight excluding hydrogens is 306 g/mol. The van der Waals surface area contributed by atoms with Gasteiger partial charge in [0.1, 0.15) is 16.9 Å². The number of benzene rings is 1. The van der Waals surface area contributed by atoms with Gasteiger partial charge in [-0.3, -0.25) is 9.59 Å². The molecule has 21 heavy (non-hydrogen) atoms. The van der Waals surface area contributed by atoms with Crippen LogP contribution < -0.4 is 0 Å². The minimum atomic E-state index is -3.95. The Morgan fingerprint density at radius 1 is 1.29 bits per heavy atom. The van der Waals surface area contributed by atoms with E-state index in [0.717, 1.165) is 26.2 Å². The van der Waals surface area contributed by atoms with E-state index >= 15 is 0 Å². The first kappa shape index (κ1) is 17.2. The van der Waals surface area contributed by atoms with E-state index in [1.165, 1.54) is 0 Å². The normalized spacial score (nSPS) is 12.8. The lowest BCUT2D eigenvalue weighted by Gasteiger charge is -2.12. The summed E-state index contributed by atoms with van der Waals surface area (Å²) < 4.78 is 54.4. The highest BCUT2D eigenvalue weighted by Crippen LogP contribution is 2.16. The summed E-state index contributed by atoms with van der Waals surface area (Å²) in [6.45, 7) is 1.09. The summed E-state index contributed by atoms with van der Waals surface area (Å²) >= 11 is 0. The summed E-state index contributed by atoms with van der Waals surface area (Å²) in [7, 11) is -2.84. The monoisotopic (exact) mass is 320 g/mol. The van der Waals surface area contributed by atoms with E-state index in [0.29, 0.717) is 6.07 Å². The molecule has 5 nitrogen and oxygen atoms in total. The molecule has 116 valence electrons. The van der Waals surface area contributed by atoms with Gasteiger partial charge in [0.15, 0.2) is 15.6 Å². The second-order valence-corrected chi connectivity index (χ2v) is 6.76. The van der Waals surface area contributed by atoms with Crippen molar-refractivity contribution in [2.24, 2.45) is 0 Å². The lowest BCUT2D eigenvalue weighted by molar-refractivity contribution is -0.140. The standard InChI is InChI=1S/C13H14F2O5S/c1-8(21(18,19)6-5-12(16)20-2)13(17)10-4-3-9(14)7-11(10)15/h3-4,7-8H,5-6H2,1-2H3. The summed E-state index contributed by atoms with van der Waals surface area (Å²) in [5, 5.41) is -1.54. The topological polar surface area (TPSA) is 77.5 Å². The van der Waals surface area contributed by atoms with E-state index in [9.17, 15) is 26.8 Å². The zero-order valence-electron chi connectivity index (χ0n) is 11.4. The van der Waals surface area contributed by atoms with Crippen LogP contribution in [-0.2, 0) is 19.4 Å². The number of ketones is 1. The quantitative estimate of drug-likeness (QED) is 0.586. The van der Waals surface area contributed by atoms with Gasteiger partial charge in [0.05, 0.1) is 24.8 Å². The summed E-state index contributed by atoms with van der Waals surface area (Å²) in [6.07, 6.45) is -0.400. The maximum atomic E-state index is 13.5. The number of hydrogen-bond donors (Lipinski definition) is 0. The predicted octanol–water partition coefficient (Wildman–Crippen LogP) is 1.51. The molecule has 0 aliphatic heterocycles. The molecule has 0 aromatic heterocycles. The highest BCUT2D eigenvalue weighted by atomic mass is 32.2. The van der Waals surface area contributed by atoms with Gasteiger partial charge in [-0.1, -0.05) is 0 Å². The van der Waals surface area contributed by atoms with E-state index < -0.39 is 56.2 Å². The van der Waals surface area contributed by atoms with E-state index in [1.807, 2.05) is 0 Å². The first-order valence-electron chi connectivity index (χ1n) is 5.96. The van der Waals surface area contributed by atoms with E-state index in [2.05, 4.69) is 4.74 Å². The number of carbonyl (C=O) groups is 2. The van der Waals surface area contributed by atoms with Crippen LogP contribution in [0.1, 0.15) is 23.7 Å². The fourth-order valence-corrected chi connectivity index (χ4v) is 2.83. The molecule has 1 aromatic carbocycles. The van der Waals surface area contributed by atoms with Crippen LogP contribution in [0, 0.1) is 11.6 Å². The lowest BCUT2D eigenvalue weighted by Crippen LogP contribution is -2.31. The number of methoxy groups -OCH3 is 1. The molecule has 0 fully saturated rings. The van der Waals surface area contributed by atoms with E-state index in [1.54, 1.807) is 0 Å². The molecule has 1 atom stereocenters. The molecule has 0 aliphatic carbocycles. The summed E-state index contributed by atoms with van der Waals surface area (Å²) in [5.74, 6) is -4.31. The van der Waals surface area contributed by atoms with Crippen molar-refractivity contribution in [2.45, 2.75) is 18.6 Å². The van der Waals surface area contributed by atoms with Gasteiger partial charge in [-0.15, -0.1) is 0 Å². The van der Waals surface area contributed by atoms with Crippen molar-refractivity contribution in [3.8, 4) is 0 Å². The number of rotatable bonds is 6. The van der Waals surface area contributed by atoms with Gasteiger partial charge in [0, 0.05) is 6.07 Å². The van der Waals surface area contributed by atoms with Crippen LogP contribution in [0.2, 0.25) is 0 Å². The molecule has 1 rings (SSSR count). The third kappa shape index (κ3) is 4.32. The van der Waals surface area contributed by atoms with Crippen LogP contribution in [0.3, 0.4) is 0 Å². The van der Waals surface area contributed by atoms with Crippen LogP contribution in [0.15, 0.2) is 18.2 Å². The third-order valence-electron chi connectivity index (χ3n) is 2.92. The molecule has 1 unspecified atom stereocenters. The number of halogens is 2. The van der Waals surface area contributed by atoms with E-state index in [-0.39, 0.29) is 0 Å². The van der Waals surface area contributed by atoms with Gasteiger partial charge in [-0.05, 0) is 19.1 Å². The molecule has 0 spiro atoms. The Kier molecular flexibility index (Phi) is 5.54. The molecular formula is C13H14F2O5S. The lowest BCUT2D eigenvalue weighted by atomic mass is 10.1. The number of carbonyl (C=O) groups excluding carboxylic acids is 2. The van der Waals surface area contributed by atoms with Gasteiger partial charge in [-0.25, -0.2) is 17.2 Å². The Bertz CT molecular complexity index is 655. The number of ether oxygens (including phenoxy) is 1. The van der Waals surface area contributed by atoms with Crippen LogP contribution in [0.4, 0.5) is 8.78 Å². The minimum absolute atomic E-state index is 0.400. The van der Waals surface area contributed by atoms with Crippen LogP contribution in [0.25, 0.3) is 0 Å². The number of sulfone groups is 1. The van der Waals surface area contributed by atoms with Crippen molar-refractivity contribution in [1.29, 1.82) is 0 Å². The van der Waals surface area contributed by atoms with Crippen molar-refractivity contribution in [2.75, 3.05) is 12.9 Å². The molecule has 0 saturated carbocycles. The molecule has 0 amide bonds. The molecule has 0 heterocycles. The van der Waals surface area contributed by atoms with Crippen LogP contribution >= 0.6 is 0 Å². The first-order valence-corrected chi connectivity index (χ1v) is 7.68. The number of hydrogen-bond acceptors (Lipinski definition) is 5. The minimum Gasteiger partial charge on any atom is -0.469 e. The summed E-state index contributed by atoms with van der Waals surface area (Å²) in [5.41, 5.74) is -0.509. The van der Waals surface area contributed by atoms with Gasteiger partial charge >= 0.3 is 5.97 Å². The zero-order valence-corrected chi connectivity index (χ0v) is 12.2. The smallest absolute Gasteiger partial charge is 0.306 e. The first-order chi connectivity index (χ1) is 9.69. The second kappa shape index (κ2) is 6.75. The van der Waals surface area contributed by atoms with Crippen molar-refractivity contribution < 1.29 is 31.5 Å².